The summed E-state index contributed by atoms with van der Waals surface area (Å²) in [5, 5.41) is 8.41. The van der Waals surface area contributed by atoms with Crippen molar-refractivity contribution in [2.24, 2.45) is 5.90 Å². The molecule has 0 atom stereocenters. The normalized spacial score (nSPS) is 8.40. The van der Waals surface area contributed by atoms with Gasteiger partial charge in [-0.3, -0.25) is 0 Å². The van der Waals surface area contributed by atoms with Gasteiger partial charge in [0.25, 0.3) is 0 Å². The van der Waals surface area contributed by atoms with E-state index in [-0.39, 0.29) is 0 Å². The Morgan fingerprint density at radius 2 is 2.30 bits per heavy atom. The molecule has 0 bridgehead atoms. The van der Waals surface area contributed by atoms with Crippen LogP contribution in [0.4, 0.5) is 0 Å². The van der Waals surface area contributed by atoms with E-state index in [2.05, 4.69) is 4.84 Å². The Kier molecular flexibility index (Phi) is 1.88. The maximum Gasteiger partial charge on any atom is 0.148 e. The molecule has 50 valence electrons. The van der Waals surface area contributed by atoms with E-state index in [0.29, 0.717) is 11.3 Å². The van der Waals surface area contributed by atoms with Gasteiger partial charge in [0.1, 0.15) is 5.75 Å². The fourth-order valence-corrected chi connectivity index (χ4v) is 0.639. The second-order valence-corrected chi connectivity index (χ2v) is 1.76. The molecule has 0 aliphatic heterocycles. The number of nitrogens with two attached hydrogens (primary N) is 1. The van der Waals surface area contributed by atoms with Crippen LogP contribution in [0.2, 0.25) is 0 Å². The van der Waals surface area contributed by atoms with Gasteiger partial charge in [-0.15, -0.1) is 0 Å². The van der Waals surface area contributed by atoms with Gasteiger partial charge in [-0.1, -0.05) is 6.07 Å². The lowest BCUT2D eigenvalue weighted by Gasteiger charge is -1.95. The molecule has 0 amide bonds. The van der Waals surface area contributed by atoms with Crippen LogP contribution in [0.3, 0.4) is 0 Å². The SMILES string of the molecule is N#Cc1cccc(ON)c1. The van der Waals surface area contributed by atoms with Gasteiger partial charge in [0.05, 0.1) is 11.6 Å². The lowest BCUT2D eigenvalue weighted by Crippen LogP contribution is -2.01. The molecule has 1 aromatic rings. The van der Waals surface area contributed by atoms with Crippen molar-refractivity contribution in [1.82, 2.24) is 0 Å². The van der Waals surface area contributed by atoms with Gasteiger partial charge in [0, 0.05) is 6.07 Å². The fourth-order valence-electron chi connectivity index (χ4n) is 0.639. The molecule has 10 heavy (non-hydrogen) atoms. The van der Waals surface area contributed by atoms with Gasteiger partial charge >= 0.3 is 0 Å². The van der Waals surface area contributed by atoms with Crippen LogP contribution in [0.1, 0.15) is 5.56 Å². The predicted octanol–water partition coefficient (Wildman–Crippen LogP) is 0.811. The summed E-state index contributed by atoms with van der Waals surface area (Å²) in [5.41, 5.74) is 0.544. The summed E-state index contributed by atoms with van der Waals surface area (Å²) in [6.45, 7) is 0. The lowest BCUT2D eigenvalue weighted by molar-refractivity contribution is 0.334. The van der Waals surface area contributed by atoms with Crippen LogP contribution in [0.15, 0.2) is 24.3 Å². The lowest BCUT2D eigenvalue weighted by atomic mass is 10.2. The average Bonchev–Trinajstić information content (AvgIpc) is 2.05. The second kappa shape index (κ2) is 2.85. The van der Waals surface area contributed by atoms with Crippen LogP contribution in [0, 0.1) is 11.3 Å². The van der Waals surface area contributed by atoms with Crippen molar-refractivity contribution in [3.63, 3.8) is 0 Å². The van der Waals surface area contributed by atoms with E-state index in [4.69, 9.17) is 11.2 Å². The Balaban J connectivity index is 3.01. The molecule has 0 aromatic heterocycles. The van der Waals surface area contributed by atoms with Crippen molar-refractivity contribution < 1.29 is 4.84 Å². The molecule has 3 nitrogen and oxygen atoms in total. The largest absolute Gasteiger partial charge is 0.411 e. The van der Waals surface area contributed by atoms with Crippen molar-refractivity contribution in [3.8, 4) is 11.8 Å². The first-order valence-corrected chi connectivity index (χ1v) is 2.73. The van der Waals surface area contributed by atoms with Crippen molar-refractivity contribution >= 4 is 0 Å². The van der Waals surface area contributed by atoms with Gasteiger partial charge in [-0.05, 0) is 12.1 Å². The van der Waals surface area contributed by atoms with Crippen molar-refractivity contribution in [3.05, 3.63) is 29.8 Å². The maximum absolute atomic E-state index is 8.41. The Morgan fingerprint density at radius 1 is 1.50 bits per heavy atom. The summed E-state index contributed by atoms with van der Waals surface area (Å²) >= 11 is 0. The third-order valence-corrected chi connectivity index (χ3v) is 1.10. The highest BCUT2D eigenvalue weighted by atomic mass is 16.6. The van der Waals surface area contributed by atoms with E-state index >= 15 is 0 Å². The Morgan fingerprint density at radius 3 is 2.90 bits per heavy atom. The molecule has 0 heterocycles. The number of nitriles is 1. The molecular formula is C7H6N2O. The van der Waals surface area contributed by atoms with Gasteiger partial charge in [-0.25, -0.2) is 0 Å². The zero-order valence-electron chi connectivity index (χ0n) is 5.24. The number of rotatable bonds is 1. The number of nitrogens with zero attached hydrogens (tertiary/aromatic N) is 1. The zero-order chi connectivity index (χ0) is 7.40. The van der Waals surface area contributed by atoms with Crippen LogP contribution < -0.4 is 10.7 Å². The highest BCUT2D eigenvalue weighted by Gasteiger charge is 1.91. The van der Waals surface area contributed by atoms with Gasteiger partial charge in [0.2, 0.25) is 0 Å². The fraction of sp³-hybridized carbons (Fsp3) is 0. The van der Waals surface area contributed by atoms with E-state index in [1.807, 2.05) is 6.07 Å². The standard InChI is InChI=1S/C7H6N2O/c8-5-6-2-1-3-7(4-6)10-9/h1-4H,9H2. The highest BCUT2D eigenvalue weighted by Crippen LogP contribution is 2.09. The highest BCUT2D eigenvalue weighted by molar-refractivity contribution is 5.35. The first-order valence-electron chi connectivity index (χ1n) is 2.73. The van der Waals surface area contributed by atoms with Crippen LogP contribution in [0.5, 0.6) is 5.75 Å². The van der Waals surface area contributed by atoms with Crippen molar-refractivity contribution in [2.45, 2.75) is 0 Å². The zero-order valence-corrected chi connectivity index (χ0v) is 5.24. The number of benzene rings is 1. The maximum atomic E-state index is 8.41. The molecule has 0 saturated heterocycles. The quantitative estimate of drug-likeness (QED) is 0.578. The molecule has 0 spiro atoms. The molecule has 2 N–H and O–H groups in total. The predicted molar refractivity (Wildman–Crippen MR) is 36.0 cm³/mol. The summed E-state index contributed by atoms with van der Waals surface area (Å²) in [5.74, 6) is 5.36. The van der Waals surface area contributed by atoms with E-state index in [1.54, 1.807) is 24.3 Å². The molecule has 0 radical (unpaired) electrons. The van der Waals surface area contributed by atoms with E-state index in [1.165, 1.54) is 0 Å². The summed E-state index contributed by atoms with van der Waals surface area (Å²) in [6, 6.07) is 8.61. The molecule has 3 heteroatoms. The number of hydrogen-bond donors (Lipinski definition) is 1. The minimum absolute atomic E-state index is 0.499. The molecule has 0 aliphatic rings. The topological polar surface area (TPSA) is 59.0 Å². The van der Waals surface area contributed by atoms with Gasteiger partial charge in [0.15, 0.2) is 0 Å². The van der Waals surface area contributed by atoms with Crippen molar-refractivity contribution in [2.75, 3.05) is 0 Å². The molecule has 0 aliphatic carbocycles. The summed E-state index contributed by atoms with van der Waals surface area (Å²) < 4.78 is 0. The molecule has 0 saturated carbocycles. The van der Waals surface area contributed by atoms with E-state index in [0.717, 1.165) is 0 Å². The minimum Gasteiger partial charge on any atom is -0.411 e. The van der Waals surface area contributed by atoms with Crippen LogP contribution in [-0.2, 0) is 0 Å². The first kappa shape index (κ1) is 6.59. The monoisotopic (exact) mass is 134 g/mol. The van der Waals surface area contributed by atoms with Crippen LogP contribution in [0.25, 0.3) is 0 Å². The molecule has 1 aromatic carbocycles. The van der Waals surface area contributed by atoms with Gasteiger partial charge in [-0.2, -0.15) is 11.2 Å². The third-order valence-electron chi connectivity index (χ3n) is 1.10. The first-order chi connectivity index (χ1) is 4.86. The molecule has 1 rings (SSSR count). The van der Waals surface area contributed by atoms with Crippen LogP contribution in [-0.4, -0.2) is 0 Å². The smallest absolute Gasteiger partial charge is 0.148 e. The summed E-state index contributed by atoms with van der Waals surface area (Å²) in [6.07, 6.45) is 0. The van der Waals surface area contributed by atoms with Crippen molar-refractivity contribution in [1.29, 1.82) is 5.26 Å². The van der Waals surface area contributed by atoms with Gasteiger partial charge < -0.3 is 4.84 Å². The molecule has 0 fully saturated rings. The molecule has 0 unspecified atom stereocenters. The van der Waals surface area contributed by atoms with E-state index in [9.17, 15) is 0 Å². The average molecular weight is 134 g/mol. The minimum atomic E-state index is 0.499. The van der Waals surface area contributed by atoms with E-state index < -0.39 is 0 Å². The number of hydrogen-bond acceptors (Lipinski definition) is 3. The third kappa shape index (κ3) is 1.24. The Hall–Kier alpha value is -1.53. The van der Waals surface area contributed by atoms with Crippen LogP contribution >= 0.6 is 0 Å². The summed E-state index contributed by atoms with van der Waals surface area (Å²) in [7, 11) is 0. The second-order valence-electron chi connectivity index (χ2n) is 1.76. The molecular weight excluding hydrogens is 128 g/mol. The summed E-state index contributed by atoms with van der Waals surface area (Å²) in [4.78, 5) is 4.41. The Labute approximate surface area is 58.6 Å². The Bertz CT molecular complexity index is 265.